The van der Waals surface area contributed by atoms with Crippen molar-refractivity contribution in [1.82, 2.24) is 15.1 Å². The van der Waals surface area contributed by atoms with Crippen LogP contribution in [0.1, 0.15) is 12.8 Å². The highest BCUT2D eigenvalue weighted by atomic mass is 19.1. The van der Waals surface area contributed by atoms with E-state index in [0.717, 1.165) is 19.5 Å². The minimum Gasteiger partial charge on any atom is -0.349 e. The number of halogens is 1. The van der Waals surface area contributed by atoms with Crippen LogP contribution in [0.4, 0.5) is 14.9 Å². The van der Waals surface area contributed by atoms with Gasteiger partial charge in [0.25, 0.3) is 0 Å². The predicted molar refractivity (Wildman–Crippen MR) is 86.7 cm³/mol. The van der Waals surface area contributed by atoms with Gasteiger partial charge in [0, 0.05) is 51.9 Å². The molecule has 0 aliphatic carbocycles. The molecule has 2 N–H and O–H groups in total. The van der Waals surface area contributed by atoms with Crippen molar-refractivity contribution in [3.8, 4) is 0 Å². The van der Waals surface area contributed by atoms with E-state index in [1.807, 2.05) is 0 Å². The maximum absolute atomic E-state index is 12.8. The molecule has 1 heterocycles. The van der Waals surface area contributed by atoms with E-state index in [-0.39, 0.29) is 23.8 Å². The van der Waals surface area contributed by atoms with Gasteiger partial charge in [0.15, 0.2) is 0 Å². The van der Waals surface area contributed by atoms with Gasteiger partial charge in [-0.3, -0.25) is 4.79 Å². The van der Waals surface area contributed by atoms with E-state index in [4.69, 9.17) is 0 Å². The molecule has 1 saturated heterocycles. The number of amides is 3. The van der Waals surface area contributed by atoms with E-state index in [9.17, 15) is 14.0 Å². The molecule has 3 amide bonds. The molecule has 0 unspecified atom stereocenters. The summed E-state index contributed by atoms with van der Waals surface area (Å²) in [5, 5.41) is 5.58. The van der Waals surface area contributed by atoms with Gasteiger partial charge >= 0.3 is 6.03 Å². The molecule has 0 spiro atoms. The van der Waals surface area contributed by atoms with Gasteiger partial charge < -0.3 is 20.4 Å². The number of carbonyl (C=O) groups is 2. The minimum absolute atomic E-state index is 0.0601. The van der Waals surface area contributed by atoms with E-state index in [2.05, 4.69) is 15.5 Å². The number of nitrogens with zero attached hydrogens (tertiary/aromatic N) is 2. The summed E-state index contributed by atoms with van der Waals surface area (Å²) in [5.74, 6) is -0.231. The Morgan fingerprint density at radius 1 is 1.30 bits per heavy atom. The van der Waals surface area contributed by atoms with Gasteiger partial charge in [0.1, 0.15) is 5.82 Å². The lowest BCUT2D eigenvalue weighted by atomic mass is 10.2. The largest absolute Gasteiger partial charge is 0.349 e. The van der Waals surface area contributed by atoms with E-state index in [1.54, 1.807) is 19.0 Å². The molecule has 1 aliphatic heterocycles. The molecule has 1 atom stereocenters. The summed E-state index contributed by atoms with van der Waals surface area (Å²) in [4.78, 5) is 27.3. The van der Waals surface area contributed by atoms with Crippen molar-refractivity contribution in [1.29, 1.82) is 0 Å². The molecule has 126 valence electrons. The second-order valence-electron chi connectivity index (χ2n) is 5.93. The first-order valence-electron chi connectivity index (χ1n) is 7.69. The fraction of sp³-hybridized carbons (Fsp3) is 0.500. The SMILES string of the molecule is CN(C)C(=O)CCN1CC[C@@H](NC(=O)Nc2ccc(F)cc2)C1. The topological polar surface area (TPSA) is 64.7 Å². The molecular formula is C16H23FN4O2. The highest BCUT2D eigenvalue weighted by molar-refractivity contribution is 5.89. The van der Waals surface area contributed by atoms with Crippen molar-refractivity contribution >= 4 is 17.6 Å². The number of hydrogen-bond acceptors (Lipinski definition) is 3. The van der Waals surface area contributed by atoms with Crippen molar-refractivity contribution in [3.05, 3.63) is 30.1 Å². The van der Waals surface area contributed by atoms with Crippen molar-refractivity contribution in [3.63, 3.8) is 0 Å². The second kappa shape index (κ2) is 7.92. The lowest BCUT2D eigenvalue weighted by Gasteiger charge is -2.18. The van der Waals surface area contributed by atoms with Crippen LogP contribution < -0.4 is 10.6 Å². The molecule has 23 heavy (non-hydrogen) atoms. The van der Waals surface area contributed by atoms with Gasteiger partial charge in [0.05, 0.1) is 0 Å². The van der Waals surface area contributed by atoms with Crippen LogP contribution in [0, 0.1) is 5.82 Å². The standard InChI is InChI=1S/C16H23FN4O2/c1-20(2)15(22)8-10-21-9-7-14(11-21)19-16(23)18-13-5-3-12(17)4-6-13/h3-6,14H,7-11H2,1-2H3,(H2,18,19,23)/t14-/m1/s1. The molecule has 1 fully saturated rings. The predicted octanol–water partition coefficient (Wildman–Crippen LogP) is 1.50. The highest BCUT2D eigenvalue weighted by Crippen LogP contribution is 2.11. The molecule has 2 rings (SSSR count). The monoisotopic (exact) mass is 322 g/mol. The third-order valence-electron chi connectivity index (χ3n) is 3.85. The molecule has 0 saturated carbocycles. The zero-order chi connectivity index (χ0) is 16.8. The summed E-state index contributed by atoms with van der Waals surface area (Å²) >= 11 is 0. The Morgan fingerprint density at radius 2 is 2.00 bits per heavy atom. The lowest BCUT2D eigenvalue weighted by Crippen LogP contribution is -2.40. The summed E-state index contributed by atoms with van der Waals surface area (Å²) in [5.41, 5.74) is 0.551. The van der Waals surface area contributed by atoms with Gasteiger partial charge in [-0.15, -0.1) is 0 Å². The molecule has 0 radical (unpaired) electrons. The molecule has 7 heteroatoms. The molecule has 1 aromatic carbocycles. The fourth-order valence-electron chi connectivity index (χ4n) is 2.52. The zero-order valence-corrected chi connectivity index (χ0v) is 13.5. The van der Waals surface area contributed by atoms with E-state index in [0.29, 0.717) is 18.7 Å². The van der Waals surface area contributed by atoms with Crippen LogP contribution in [0.5, 0.6) is 0 Å². The first-order chi connectivity index (χ1) is 10.9. The molecular weight excluding hydrogens is 299 g/mol. The van der Waals surface area contributed by atoms with Crippen molar-refractivity contribution in [2.75, 3.05) is 39.0 Å². The third kappa shape index (κ3) is 5.52. The number of hydrogen-bond donors (Lipinski definition) is 2. The lowest BCUT2D eigenvalue weighted by molar-refractivity contribution is -0.128. The van der Waals surface area contributed by atoms with Crippen LogP contribution in [0.15, 0.2) is 24.3 Å². The zero-order valence-electron chi connectivity index (χ0n) is 13.5. The van der Waals surface area contributed by atoms with Crippen LogP contribution in [0.3, 0.4) is 0 Å². The molecule has 0 aromatic heterocycles. The molecule has 1 aromatic rings. The van der Waals surface area contributed by atoms with Gasteiger partial charge in [-0.25, -0.2) is 9.18 Å². The third-order valence-corrected chi connectivity index (χ3v) is 3.85. The maximum Gasteiger partial charge on any atom is 0.319 e. The normalized spacial score (nSPS) is 17.8. The van der Waals surface area contributed by atoms with Crippen LogP contribution in [0.25, 0.3) is 0 Å². The summed E-state index contributed by atoms with van der Waals surface area (Å²) in [6.07, 6.45) is 1.34. The average molecular weight is 322 g/mol. The van der Waals surface area contributed by atoms with Gasteiger partial charge in [0.2, 0.25) is 5.91 Å². The molecule has 0 bridgehead atoms. The van der Waals surface area contributed by atoms with E-state index >= 15 is 0 Å². The van der Waals surface area contributed by atoms with Gasteiger partial charge in [-0.1, -0.05) is 0 Å². The summed E-state index contributed by atoms with van der Waals surface area (Å²) in [6.45, 7) is 2.30. The fourth-order valence-corrected chi connectivity index (χ4v) is 2.52. The number of nitrogens with one attached hydrogen (secondary N) is 2. The van der Waals surface area contributed by atoms with Crippen LogP contribution in [0.2, 0.25) is 0 Å². The van der Waals surface area contributed by atoms with Crippen molar-refractivity contribution in [2.45, 2.75) is 18.9 Å². The Labute approximate surface area is 135 Å². The Hall–Kier alpha value is -2.15. The van der Waals surface area contributed by atoms with Crippen LogP contribution in [-0.4, -0.2) is 61.5 Å². The number of benzene rings is 1. The maximum atomic E-state index is 12.8. The van der Waals surface area contributed by atoms with Crippen molar-refractivity contribution < 1.29 is 14.0 Å². The smallest absolute Gasteiger partial charge is 0.319 e. The first-order valence-corrected chi connectivity index (χ1v) is 7.69. The Kier molecular flexibility index (Phi) is 5.92. The molecule has 6 nitrogen and oxygen atoms in total. The van der Waals surface area contributed by atoms with Gasteiger partial charge in [-0.2, -0.15) is 0 Å². The number of anilines is 1. The Bertz CT molecular complexity index is 548. The van der Waals surface area contributed by atoms with Crippen molar-refractivity contribution in [2.24, 2.45) is 0 Å². The average Bonchev–Trinajstić information content (AvgIpc) is 2.94. The number of likely N-dealkylation sites (tertiary alicyclic amines) is 1. The van der Waals surface area contributed by atoms with Gasteiger partial charge in [-0.05, 0) is 30.7 Å². The first kappa shape index (κ1) is 17.2. The quantitative estimate of drug-likeness (QED) is 0.863. The summed E-state index contributed by atoms with van der Waals surface area (Å²) < 4.78 is 12.8. The number of rotatable bonds is 5. The Balaban J connectivity index is 1.71. The minimum atomic E-state index is -0.338. The van der Waals surface area contributed by atoms with Crippen LogP contribution in [-0.2, 0) is 4.79 Å². The summed E-state index contributed by atoms with van der Waals surface area (Å²) in [7, 11) is 3.49. The van der Waals surface area contributed by atoms with E-state index < -0.39 is 0 Å². The second-order valence-corrected chi connectivity index (χ2v) is 5.93. The summed E-state index contributed by atoms with van der Waals surface area (Å²) in [6, 6.07) is 5.40. The van der Waals surface area contributed by atoms with Crippen LogP contribution >= 0.6 is 0 Å². The Morgan fingerprint density at radius 3 is 2.65 bits per heavy atom. The number of carbonyl (C=O) groups excluding carboxylic acids is 2. The molecule has 1 aliphatic rings. The highest BCUT2D eigenvalue weighted by Gasteiger charge is 2.24. The van der Waals surface area contributed by atoms with E-state index in [1.165, 1.54) is 24.3 Å². The number of urea groups is 1.